The summed E-state index contributed by atoms with van der Waals surface area (Å²) in [4.78, 5) is 29.5. The largest absolute Gasteiger partial charge is 0.350 e. The maximum Gasteiger partial charge on any atom is 0.243 e. The van der Waals surface area contributed by atoms with Gasteiger partial charge in [0.25, 0.3) is 0 Å². The summed E-state index contributed by atoms with van der Waals surface area (Å²) in [6.07, 6.45) is 1.37. The molecule has 1 atom stereocenters. The summed E-state index contributed by atoms with van der Waals surface area (Å²) < 4.78 is 26.8. The van der Waals surface area contributed by atoms with Crippen molar-refractivity contribution >= 4 is 21.8 Å². The molecule has 0 bridgehead atoms. The molecule has 0 unspecified atom stereocenters. The van der Waals surface area contributed by atoms with Crippen molar-refractivity contribution in [2.45, 2.75) is 39.0 Å². The first kappa shape index (κ1) is 30.7. The lowest BCUT2D eigenvalue weighted by Gasteiger charge is -2.33. The lowest BCUT2D eigenvalue weighted by molar-refractivity contribution is -0.141. The van der Waals surface area contributed by atoms with Crippen LogP contribution >= 0.6 is 0 Å². The van der Waals surface area contributed by atoms with Crippen LogP contribution in [0.2, 0.25) is 0 Å². The highest BCUT2D eigenvalue weighted by Crippen LogP contribution is 2.17. The van der Waals surface area contributed by atoms with E-state index < -0.39 is 28.5 Å². The summed E-state index contributed by atoms with van der Waals surface area (Å²) >= 11 is 0. The van der Waals surface area contributed by atoms with Gasteiger partial charge in [0.15, 0.2) is 0 Å². The van der Waals surface area contributed by atoms with Crippen molar-refractivity contribution in [1.82, 2.24) is 14.5 Å². The van der Waals surface area contributed by atoms with E-state index in [-0.39, 0.29) is 25.4 Å². The van der Waals surface area contributed by atoms with E-state index in [1.165, 1.54) is 4.90 Å². The van der Waals surface area contributed by atoms with Crippen molar-refractivity contribution in [3.8, 4) is 0 Å². The van der Waals surface area contributed by atoms with Crippen molar-refractivity contribution < 1.29 is 18.0 Å². The van der Waals surface area contributed by atoms with E-state index in [2.05, 4.69) is 5.32 Å². The zero-order valence-electron chi connectivity index (χ0n) is 24.0. The van der Waals surface area contributed by atoms with Gasteiger partial charge < -0.3 is 10.2 Å². The molecule has 0 saturated heterocycles. The minimum absolute atomic E-state index is 0.0492. The quantitative estimate of drug-likeness (QED) is 0.247. The molecule has 2 amide bonds. The lowest BCUT2D eigenvalue weighted by Crippen LogP contribution is -2.53. The van der Waals surface area contributed by atoms with Crippen LogP contribution in [0, 0.1) is 6.92 Å². The number of benzene rings is 4. The van der Waals surface area contributed by atoms with Gasteiger partial charge in [0.1, 0.15) is 6.04 Å². The number of rotatable bonds is 13. The van der Waals surface area contributed by atoms with Gasteiger partial charge in [-0.15, -0.1) is 0 Å². The molecule has 4 aromatic rings. The van der Waals surface area contributed by atoms with Gasteiger partial charge in [-0.2, -0.15) is 4.31 Å². The predicted molar refractivity (Wildman–Crippen MR) is 166 cm³/mol. The monoisotopic (exact) mass is 583 g/mol. The summed E-state index contributed by atoms with van der Waals surface area (Å²) in [6.45, 7) is 2.12. The SMILES string of the molecule is Cc1ccc(CNC(=O)[C@H](Cc2ccccc2)N(Cc2ccccc2)C(=O)CN(Cc2ccccc2)S(C)(=O)=O)cc1. The van der Waals surface area contributed by atoms with Crippen molar-refractivity contribution in [3.05, 3.63) is 143 Å². The predicted octanol–water partition coefficient (Wildman–Crippen LogP) is 4.71. The fraction of sp³-hybridized carbons (Fsp3) is 0.235. The van der Waals surface area contributed by atoms with Crippen LogP contribution in [0.1, 0.15) is 27.8 Å². The average molecular weight is 584 g/mol. The first-order chi connectivity index (χ1) is 20.2. The van der Waals surface area contributed by atoms with Crippen LogP contribution in [-0.2, 0) is 45.7 Å². The second-order valence-electron chi connectivity index (χ2n) is 10.4. The molecule has 7 nitrogen and oxygen atoms in total. The third kappa shape index (κ3) is 9.12. The molecule has 8 heteroatoms. The van der Waals surface area contributed by atoms with Crippen LogP contribution in [0.25, 0.3) is 0 Å². The molecule has 0 aliphatic heterocycles. The number of aryl methyl sites for hydroxylation is 1. The number of carbonyl (C=O) groups is 2. The van der Waals surface area contributed by atoms with Gasteiger partial charge in [0, 0.05) is 26.1 Å². The molecule has 0 aliphatic rings. The Morgan fingerprint density at radius 3 is 1.71 bits per heavy atom. The van der Waals surface area contributed by atoms with Crippen molar-refractivity contribution in [2.75, 3.05) is 12.8 Å². The zero-order valence-corrected chi connectivity index (χ0v) is 24.8. The standard InChI is InChI=1S/C34H37N3O4S/c1-27-18-20-29(21-19-27)23-35-34(39)32(22-28-12-6-3-7-13-28)37(25-31-16-10-5-11-17-31)33(38)26-36(42(2,40)41)24-30-14-8-4-9-15-30/h3-21,32H,22-26H2,1-2H3,(H,35,39)/t32-/m0/s1. The Hall–Kier alpha value is -4.27. The second kappa shape index (κ2) is 14.6. The number of hydrogen-bond donors (Lipinski definition) is 1. The highest BCUT2D eigenvalue weighted by molar-refractivity contribution is 7.88. The summed E-state index contributed by atoms with van der Waals surface area (Å²) in [7, 11) is -3.73. The molecule has 1 N–H and O–H groups in total. The molecule has 218 valence electrons. The lowest BCUT2D eigenvalue weighted by atomic mass is 10.0. The van der Waals surface area contributed by atoms with E-state index in [4.69, 9.17) is 0 Å². The Kier molecular flexibility index (Phi) is 10.6. The van der Waals surface area contributed by atoms with E-state index in [1.807, 2.05) is 122 Å². The van der Waals surface area contributed by atoms with Gasteiger partial charge in [0.05, 0.1) is 12.8 Å². The maximum atomic E-state index is 14.1. The molecule has 0 saturated carbocycles. The second-order valence-corrected chi connectivity index (χ2v) is 12.4. The van der Waals surface area contributed by atoms with Gasteiger partial charge >= 0.3 is 0 Å². The Bertz CT molecular complexity index is 1550. The third-order valence-corrected chi connectivity index (χ3v) is 8.23. The molecular weight excluding hydrogens is 546 g/mol. The number of nitrogens with one attached hydrogen (secondary N) is 1. The van der Waals surface area contributed by atoms with Gasteiger partial charge in [-0.25, -0.2) is 8.42 Å². The fourth-order valence-electron chi connectivity index (χ4n) is 4.67. The number of hydrogen-bond acceptors (Lipinski definition) is 4. The smallest absolute Gasteiger partial charge is 0.243 e. The molecule has 0 spiro atoms. The number of sulfonamides is 1. The summed E-state index contributed by atoms with van der Waals surface area (Å²) in [6, 6.07) is 35.1. The molecular formula is C34H37N3O4S. The normalized spacial score (nSPS) is 12.1. The molecule has 4 aromatic carbocycles. The summed E-state index contributed by atoms with van der Waals surface area (Å²) in [5.41, 5.74) is 4.56. The van der Waals surface area contributed by atoms with E-state index in [1.54, 1.807) is 0 Å². The average Bonchev–Trinajstić information content (AvgIpc) is 2.99. The molecule has 42 heavy (non-hydrogen) atoms. The van der Waals surface area contributed by atoms with Crippen LogP contribution in [0.4, 0.5) is 0 Å². The number of amides is 2. The zero-order chi connectivity index (χ0) is 30.0. The van der Waals surface area contributed by atoms with Crippen molar-refractivity contribution in [1.29, 1.82) is 0 Å². The summed E-state index contributed by atoms with van der Waals surface area (Å²) in [5.74, 6) is -0.760. The Morgan fingerprint density at radius 1 is 0.690 bits per heavy atom. The van der Waals surface area contributed by atoms with E-state index >= 15 is 0 Å². The topological polar surface area (TPSA) is 86.8 Å². The highest BCUT2D eigenvalue weighted by Gasteiger charge is 2.32. The Labute approximate surface area is 248 Å². The van der Waals surface area contributed by atoms with Gasteiger partial charge in [-0.05, 0) is 29.2 Å². The molecule has 4 rings (SSSR count). The summed E-state index contributed by atoms with van der Waals surface area (Å²) in [5, 5.41) is 3.02. The minimum Gasteiger partial charge on any atom is -0.350 e. The van der Waals surface area contributed by atoms with E-state index in [9.17, 15) is 18.0 Å². The van der Waals surface area contributed by atoms with Crippen LogP contribution in [0.15, 0.2) is 115 Å². The van der Waals surface area contributed by atoms with Crippen molar-refractivity contribution in [2.24, 2.45) is 0 Å². The van der Waals surface area contributed by atoms with Gasteiger partial charge in [-0.3, -0.25) is 9.59 Å². The number of carbonyl (C=O) groups excluding carboxylic acids is 2. The Morgan fingerprint density at radius 2 is 1.19 bits per heavy atom. The highest BCUT2D eigenvalue weighted by atomic mass is 32.2. The fourth-order valence-corrected chi connectivity index (χ4v) is 5.39. The van der Waals surface area contributed by atoms with Crippen molar-refractivity contribution in [3.63, 3.8) is 0 Å². The van der Waals surface area contributed by atoms with Crippen LogP contribution in [0.5, 0.6) is 0 Å². The first-order valence-electron chi connectivity index (χ1n) is 13.9. The first-order valence-corrected chi connectivity index (χ1v) is 15.7. The van der Waals surface area contributed by atoms with Gasteiger partial charge in [0.2, 0.25) is 21.8 Å². The van der Waals surface area contributed by atoms with Gasteiger partial charge in [-0.1, -0.05) is 121 Å². The Balaban J connectivity index is 1.66. The van der Waals surface area contributed by atoms with Crippen LogP contribution in [-0.4, -0.2) is 48.3 Å². The maximum absolute atomic E-state index is 14.1. The third-order valence-electron chi connectivity index (χ3n) is 7.04. The molecule has 0 heterocycles. The molecule has 0 aliphatic carbocycles. The molecule has 0 radical (unpaired) electrons. The van der Waals surface area contributed by atoms with E-state index in [0.29, 0.717) is 6.54 Å². The van der Waals surface area contributed by atoms with E-state index in [0.717, 1.165) is 38.4 Å². The number of nitrogens with zero attached hydrogens (tertiary/aromatic N) is 2. The molecule has 0 aromatic heterocycles. The van der Waals surface area contributed by atoms with Crippen LogP contribution in [0.3, 0.4) is 0 Å². The van der Waals surface area contributed by atoms with Crippen LogP contribution < -0.4 is 5.32 Å². The molecule has 0 fully saturated rings. The minimum atomic E-state index is -3.73.